The van der Waals surface area contributed by atoms with Crippen molar-refractivity contribution in [2.24, 2.45) is 5.92 Å². The first-order valence-corrected chi connectivity index (χ1v) is 8.51. The summed E-state index contributed by atoms with van der Waals surface area (Å²) < 4.78 is 10.2. The molecule has 0 bridgehead atoms. The van der Waals surface area contributed by atoms with E-state index in [1.54, 1.807) is 19.2 Å². The lowest BCUT2D eigenvalue weighted by Crippen LogP contribution is -2.28. The molecule has 0 radical (unpaired) electrons. The third-order valence-electron chi connectivity index (χ3n) is 3.85. The maximum atomic E-state index is 12.0. The largest absolute Gasteiger partial charge is 0.497 e. The van der Waals surface area contributed by atoms with E-state index in [0.717, 1.165) is 16.9 Å². The van der Waals surface area contributed by atoms with Crippen molar-refractivity contribution in [3.05, 3.63) is 65.7 Å². The average Bonchev–Trinajstić information content (AvgIpc) is 2.69. The second-order valence-electron chi connectivity index (χ2n) is 5.79. The first-order valence-electron chi connectivity index (χ1n) is 8.51. The molecule has 2 aromatic carbocycles. The van der Waals surface area contributed by atoms with Crippen molar-refractivity contribution >= 4 is 11.9 Å². The monoisotopic (exact) mass is 373 g/mol. The molecule has 1 atom stereocenters. The minimum atomic E-state index is -1.27. The van der Waals surface area contributed by atoms with Crippen LogP contribution in [0.5, 0.6) is 5.75 Å². The standard InChI is InChI=1S/C20H23NO6/c1-25-17-9-7-15(8-10-17)13-21-27-12-11-18(19(22)23)20(24)26-14-16-5-3-2-4-6-16/h2-10,18,21H,11-14H2,1H3,(H,22,23). The number of hydrogen-bond donors (Lipinski definition) is 2. The molecule has 0 saturated heterocycles. The molecule has 0 amide bonds. The molecule has 7 nitrogen and oxygen atoms in total. The number of carbonyl (C=O) groups excluding carboxylic acids is 1. The molecule has 0 saturated carbocycles. The Hall–Kier alpha value is -2.90. The quantitative estimate of drug-likeness (QED) is 0.271. The van der Waals surface area contributed by atoms with Crippen molar-refractivity contribution in [1.29, 1.82) is 0 Å². The van der Waals surface area contributed by atoms with Crippen LogP contribution in [0, 0.1) is 5.92 Å². The van der Waals surface area contributed by atoms with Gasteiger partial charge in [0.25, 0.3) is 0 Å². The predicted molar refractivity (Wildman–Crippen MR) is 97.8 cm³/mol. The van der Waals surface area contributed by atoms with Gasteiger partial charge < -0.3 is 19.4 Å². The van der Waals surface area contributed by atoms with Gasteiger partial charge in [0.15, 0.2) is 5.92 Å². The van der Waals surface area contributed by atoms with Crippen LogP contribution in [0.3, 0.4) is 0 Å². The van der Waals surface area contributed by atoms with E-state index < -0.39 is 17.9 Å². The molecule has 2 rings (SSSR count). The first kappa shape index (κ1) is 20.4. The lowest BCUT2D eigenvalue weighted by atomic mass is 10.1. The van der Waals surface area contributed by atoms with Gasteiger partial charge in [0.05, 0.1) is 13.7 Å². The molecule has 2 aromatic rings. The Morgan fingerprint density at radius 3 is 2.37 bits per heavy atom. The van der Waals surface area contributed by atoms with E-state index in [0.29, 0.717) is 6.54 Å². The van der Waals surface area contributed by atoms with Gasteiger partial charge in [-0.3, -0.25) is 9.59 Å². The maximum Gasteiger partial charge on any atom is 0.320 e. The number of carboxylic acids is 1. The molecule has 0 aliphatic heterocycles. The molecular formula is C20H23NO6. The SMILES string of the molecule is COc1ccc(CNOCCC(C(=O)O)C(=O)OCc2ccccc2)cc1. The van der Waals surface area contributed by atoms with E-state index in [9.17, 15) is 14.7 Å². The first-order chi connectivity index (χ1) is 13.1. The fourth-order valence-electron chi connectivity index (χ4n) is 2.30. The second-order valence-corrected chi connectivity index (χ2v) is 5.79. The van der Waals surface area contributed by atoms with Crippen molar-refractivity contribution in [3.63, 3.8) is 0 Å². The zero-order valence-corrected chi connectivity index (χ0v) is 15.1. The number of hydrogen-bond acceptors (Lipinski definition) is 6. The Morgan fingerprint density at radius 1 is 1.04 bits per heavy atom. The van der Waals surface area contributed by atoms with E-state index in [2.05, 4.69) is 5.48 Å². The van der Waals surface area contributed by atoms with Crippen molar-refractivity contribution in [2.45, 2.75) is 19.6 Å². The van der Waals surface area contributed by atoms with E-state index in [1.807, 2.05) is 42.5 Å². The fourth-order valence-corrected chi connectivity index (χ4v) is 2.30. The Labute approximate surface area is 157 Å². The number of carbonyl (C=O) groups is 2. The molecule has 27 heavy (non-hydrogen) atoms. The smallest absolute Gasteiger partial charge is 0.320 e. The van der Waals surface area contributed by atoms with Gasteiger partial charge in [-0.25, -0.2) is 0 Å². The highest BCUT2D eigenvalue weighted by Gasteiger charge is 2.27. The van der Waals surface area contributed by atoms with Crippen LogP contribution in [-0.2, 0) is 32.3 Å². The van der Waals surface area contributed by atoms with Crippen molar-refractivity contribution in [1.82, 2.24) is 5.48 Å². The number of benzene rings is 2. The minimum Gasteiger partial charge on any atom is -0.497 e. The van der Waals surface area contributed by atoms with Crippen LogP contribution in [0.2, 0.25) is 0 Å². The number of ether oxygens (including phenoxy) is 2. The zero-order valence-electron chi connectivity index (χ0n) is 15.1. The lowest BCUT2D eigenvalue weighted by Gasteiger charge is -2.13. The molecule has 0 spiro atoms. The molecule has 144 valence electrons. The lowest BCUT2D eigenvalue weighted by molar-refractivity contribution is -0.160. The summed E-state index contributed by atoms with van der Waals surface area (Å²) in [6.45, 7) is 0.549. The van der Waals surface area contributed by atoms with Gasteiger partial charge in [-0.05, 0) is 29.7 Å². The number of methoxy groups -OCH3 is 1. The third kappa shape index (κ3) is 7.08. The third-order valence-corrected chi connectivity index (χ3v) is 3.85. The van der Waals surface area contributed by atoms with Crippen LogP contribution in [-0.4, -0.2) is 30.8 Å². The van der Waals surface area contributed by atoms with Crippen LogP contribution in [0.4, 0.5) is 0 Å². The van der Waals surface area contributed by atoms with Gasteiger partial charge >= 0.3 is 11.9 Å². The summed E-state index contributed by atoms with van der Waals surface area (Å²) in [5, 5.41) is 9.24. The minimum absolute atomic E-state index is 0.0125. The Kier molecular flexibility index (Phi) is 8.28. The van der Waals surface area contributed by atoms with Crippen molar-refractivity contribution in [2.75, 3.05) is 13.7 Å². The summed E-state index contributed by atoms with van der Waals surface area (Å²) in [6, 6.07) is 16.5. The topological polar surface area (TPSA) is 94.1 Å². The Balaban J connectivity index is 1.70. The number of hydroxylamine groups is 1. The highest BCUT2D eigenvalue weighted by Crippen LogP contribution is 2.12. The summed E-state index contributed by atoms with van der Waals surface area (Å²) in [6.07, 6.45) is 0.0125. The molecule has 0 fully saturated rings. The molecule has 2 N–H and O–H groups in total. The van der Waals surface area contributed by atoms with E-state index in [4.69, 9.17) is 14.3 Å². The van der Waals surface area contributed by atoms with E-state index in [1.165, 1.54) is 0 Å². The molecule has 0 aliphatic rings. The molecule has 0 heterocycles. The van der Waals surface area contributed by atoms with Crippen LogP contribution >= 0.6 is 0 Å². The summed E-state index contributed by atoms with van der Waals surface area (Å²) in [5.74, 6) is -2.51. The number of nitrogens with one attached hydrogen (secondary N) is 1. The van der Waals surface area contributed by atoms with Gasteiger partial charge in [0, 0.05) is 6.54 Å². The predicted octanol–water partition coefficient (Wildman–Crippen LogP) is 2.55. The molecule has 7 heteroatoms. The number of aliphatic carboxylic acids is 1. The average molecular weight is 373 g/mol. The van der Waals surface area contributed by atoms with Crippen LogP contribution in [0.25, 0.3) is 0 Å². The summed E-state index contributed by atoms with van der Waals surface area (Å²) in [7, 11) is 1.60. The highest BCUT2D eigenvalue weighted by atomic mass is 16.6. The Bertz CT molecular complexity index is 717. The Morgan fingerprint density at radius 2 is 1.74 bits per heavy atom. The summed E-state index contributed by atoms with van der Waals surface area (Å²) in [4.78, 5) is 28.6. The van der Waals surface area contributed by atoms with Gasteiger partial charge in [-0.2, -0.15) is 5.48 Å². The summed E-state index contributed by atoms with van der Waals surface area (Å²) in [5.41, 5.74) is 4.52. The van der Waals surface area contributed by atoms with Gasteiger partial charge in [-0.15, -0.1) is 0 Å². The van der Waals surface area contributed by atoms with Gasteiger partial charge in [-0.1, -0.05) is 42.5 Å². The van der Waals surface area contributed by atoms with Gasteiger partial charge in [0.1, 0.15) is 12.4 Å². The molecule has 0 aromatic heterocycles. The van der Waals surface area contributed by atoms with E-state index in [-0.39, 0.29) is 19.6 Å². The zero-order chi connectivity index (χ0) is 19.5. The number of carboxylic acid groups (broad SMARTS) is 1. The van der Waals surface area contributed by atoms with Crippen LogP contribution in [0.15, 0.2) is 54.6 Å². The normalized spacial score (nSPS) is 11.6. The molecule has 0 aliphatic carbocycles. The summed E-state index contributed by atoms with van der Waals surface area (Å²) >= 11 is 0. The second kappa shape index (κ2) is 10.9. The van der Waals surface area contributed by atoms with Gasteiger partial charge in [0.2, 0.25) is 0 Å². The molecule has 1 unspecified atom stereocenters. The van der Waals surface area contributed by atoms with E-state index >= 15 is 0 Å². The van der Waals surface area contributed by atoms with Crippen LogP contribution in [0.1, 0.15) is 17.5 Å². The van der Waals surface area contributed by atoms with Crippen molar-refractivity contribution in [3.8, 4) is 5.75 Å². The van der Waals surface area contributed by atoms with Crippen LogP contribution < -0.4 is 10.2 Å². The number of rotatable bonds is 11. The molecular weight excluding hydrogens is 350 g/mol. The van der Waals surface area contributed by atoms with Crippen molar-refractivity contribution < 1.29 is 29.0 Å². The number of esters is 1. The highest BCUT2D eigenvalue weighted by molar-refractivity contribution is 5.93. The fraction of sp³-hybridized carbons (Fsp3) is 0.300. The maximum absolute atomic E-state index is 12.0.